The van der Waals surface area contributed by atoms with Crippen LogP contribution in [0.4, 0.5) is 5.69 Å². The molecule has 0 spiro atoms. The smallest absolute Gasteiger partial charge is 0.268 e. The molecule has 1 N–H and O–H groups in total. The number of carbonyl (C=O) groups excluding carboxylic acids is 1. The molecule has 28 heavy (non-hydrogen) atoms. The number of hydrogen-bond acceptors (Lipinski definition) is 4. The first kappa shape index (κ1) is 19.8. The van der Waals surface area contributed by atoms with Crippen LogP contribution in [0.3, 0.4) is 0 Å². The van der Waals surface area contributed by atoms with Gasteiger partial charge in [0.05, 0.1) is 18.5 Å². The van der Waals surface area contributed by atoms with Crippen LogP contribution in [0.15, 0.2) is 60.8 Å². The normalized spacial score (nSPS) is 11.1. The third-order valence-electron chi connectivity index (χ3n) is 3.98. The summed E-state index contributed by atoms with van der Waals surface area (Å²) in [5.41, 5.74) is 0.305. The Bertz CT molecular complexity index is 937. The van der Waals surface area contributed by atoms with E-state index in [0.717, 1.165) is 11.4 Å². The quantitative estimate of drug-likeness (QED) is 0.624. The molecule has 3 aromatic rings. The van der Waals surface area contributed by atoms with Crippen LogP contribution < -0.4 is 14.8 Å². The third-order valence-corrected chi connectivity index (χ3v) is 4.24. The van der Waals surface area contributed by atoms with Gasteiger partial charge in [0.1, 0.15) is 10.8 Å². The molecule has 7 heteroatoms. The summed E-state index contributed by atoms with van der Waals surface area (Å²) in [4.78, 5) is 12.7. The molecule has 0 aliphatic rings. The second kappa shape index (κ2) is 8.35. The first-order chi connectivity index (χ1) is 13.4. The highest BCUT2D eigenvalue weighted by atomic mass is 35.5. The van der Waals surface area contributed by atoms with Crippen molar-refractivity contribution in [3.05, 3.63) is 65.8 Å². The Kier molecular flexibility index (Phi) is 5.90. The largest absolute Gasteiger partial charge is 0.494 e. The van der Waals surface area contributed by atoms with E-state index in [9.17, 15) is 4.79 Å². The number of nitrogens with one attached hydrogen (secondary N) is 1. The van der Waals surface area contributed by atoms with Crippen LogP contribution in [0.5, 0.6) is 11.6 Å². The molecule has 0 atom stereocenters. The van der Waals surface area contributed by atoms with Gasteiger partial charge in [0, 0.05) is 5.69 Å². The molecule has 0 aliphatic carbocycles. The Hall–Kier alpha value is -2.99. The molecule has 0 fully saturated rings. The first-order valence-electron chi connectivity index (χ1n) is 8.93. The molecule has 0 radical (unpaired) electrons. The number of carbonyl (C=O) groups is 1. The molecular formula is C21H22ClN3O3. The van der Waals surface area contributed by atoms with Crippen LogP contribution in [0, 0.1) is 0 Å². The van der Waals surface area contributed by atoms with Crippen molar-refractivity contribution >= 4 is 23.2 Å². The minimum absolute atomic E-state index is 0.192. The van der Waals surface area contributed by atoms with E-state index in [1.54, 1.807) is 49.0 Å². The van der Waals surface area contributed by atoms with Crippen LogP contribution in [0.2, 0.25) is 5.02 Å². The molecule has 0 bridgehead atoms. The van der Waals surface area contributed by atoms with Gasteiger partial charge in [0.2, 0.25) is 0 Å². The van der Waals surface area contributed by atoms with Gasteiger partial charge >= 0.3 is 0 Å². The first-order valence-corrected chi connectivity index (χ1v) is 9.31. The molecular weight excluding hydrogens is 378 g/mol. The molecule has 1 amide bonds. The van der Waals surface area contributed by atoms with E-state index >= 15 is 0 Å². The maximum atomic E-state index is 12.7. The van der Waals surface area contributed by atoms with Crippen LogP contribution in [0.1, 0.15) is 20.8 Å². The zero-order valence-electron chi connectivity index (χ0n) is 16.0. The number of para-hydroxylation sites is 1. The van der Waals surface area contributed by atoms with Crippen molar-refractivity contribution < 1.29 is 14.3 Å². The highest BCUT2D eigenvalue weighted by Crippen LogP contribution is 2.28. The van der Waals surface area contributed by atoms with Crippen molar-refractivity contribution in [2.45, 2.75) is 26.4 Å². The van der Waals surface area contributed by atoms with E-state index in [1.807, 2.05) is 37.3 Å². The fourth-order valence-electron chi connectivity index (χ4n) is 2.49. The molecule has 0 saturated carbocycles. The van der Waals surface area contributed by atoms with Gasteiger partial charge in [-0.25, -0.2) is 4.68 Å². The Morgan fingerprint density at radius 3 is 2.46 bits per heavy atom. The minimum Gasteiger partial charge on any atom is -0.494 e. The minimum atomic E-state index is -1.18. The van der Waals surface area contributed by atoms with Crippen LogP contribution >= 0.6 is 11.6 Å². The lowest BCUT2D eigenvalue weighted by Crippen LogP contribution is -2.42. The Labute approximate surface area is 169 Å². The van der Waals surface area contributed by atoms with Gasteiger partial charge in [-0.05, 0) is 57.2 Å². The van der Waals surface area contributed by atoms with Crippen molar-refractivity contribution in [1.29, 1.82) is 0 Å². The maximum Gasteiger partial charge on any atom is 0.268 e. The summed E-state index contributed by atoms with van der Waals surface area (Å²) in [6, 6.07) is 16.7. The lowest BCUT2D eigenvalue weighted by molar-refractivity contribution is -0.128. The van der Waals surface area contributed by atoms with Crippen LogP contribution in [-0.2, 0) is 4.79 Å². The van der Waals surface area contributed by atoms with Crippen molar-refractivity contribution in [3.63, 3.8) is 0 Å². The lowest BCUT2D eigenvalue weighted by atomic mass is 10.1. The van der Waals surface area contributed by atoms with Crippen LogP contribution in [0.25, 0.3) is 5.69 Å². The number of halogens is 1. The molecule has 3 rings (SSSR count). The summed E-state index contributed by atoms with van der Waals surface area (Å²) in [7, 11) is 0. The predicted molar refractivity (Wildman–Crippen MR) is 110 cm³/mol. The van der Waals surface area contributed by atoms with Crippen molar-refractivity contribution in [2.24, 2.45) is 0 Å². The summed E-state index contributed by atoms with van der Waals surface area (Å²) in [5.74, 6) is 0.619. The van der Waals surface area contributed by atoms with Gasteiger partial charge in [0.25, 0.3) is 11.8 Å². The fourth-order valence-corrected chi connectivity index (χ4v) is 2.66. The summed E-state index contributed by atoms with van der Waals surface area (Å²) in [6.07, 6.45) is 1.65. The van der Waals surface area contributed by atoms with Crippen molar-refractivity contribution in [2.75, 3.05) is 11.9 Å². The number of amides is 1. The van der Waals surface area contributed by atoms with Gasteiger partial charge in [-0.3, -0.25) is 4.79 Å². The molecule has 6 nitrogen and oxygen atoms in total. The number of rotatable bonds is 7. The van der Waals surface area contributed by atoms with Gasteiger partial charge in [0.15, 0.2) is 5.60 Å². The van der Waals surface area contributed by atoms with E-state index in [1.165, 1.54) is 0 Å². The number of benzene rings is 2. The number of nitrogens with zero attached hydrogens (tertiary/aromatic N) is 2. The average molecular weight is 400 g/mol. The Morgan fingerprint density at radius 1 is 1.14 bits per heavy atom. The predicted octanol–water partition coefficient (Wildman–Crippen LogP) is 4.72. The Balaban J connectivity index is 1.70. The number of anilines is 1. The van der Waals surface area contributed by atoms with Crippen molar-refractivity contribution in [1.82, 2.24) is 9.78 Å². The fraction of sp³-hybridized carbons (Fsp3) is 0.238. The topological polar surface area (TPSA) is 65.4 Å². The summed E-state index contributed by atoms with van der Waals surface area (Å²) < 4.78 is 12.8. The van der Waals surface area contributed by atoms with Gasteiger partial charge in [-0.2, -0.15) is 0 Å². The van der Waals surface area contributed by atoms with E-state index in [2.05, 4.69) is 10.4 Å². The molecule has 1 heterocycles. The zero-order valence-corrected chi connectivity index (χ0v) is 16.7. The van der Waals surface area contributed by atoms with E-state index in [0.29, 0.717) is 17.3 Å². The number of aromatic nitrogens is 2. The standard InChI is InChI=1S/C21H22ClN3O3/c1-4-27-17-12-10-15(11-13-17)23-20(26)21(2,3)28-19-18(22)14-25(24-19)16-8-6-5-7-9-16/h5-14H,4H2,1-3H3,(H,23,26). The maximum absolute atomic E-state index is 12.7. The number of hydrogen-bond donors (Lipinski definition) is 1. The summed E-state index contributed by atoms with van der Waals surface area (Å²) in [5, 5.41) is 7.51. The monoisotopic (exact) mass is 399 g/mol. The highest BCUT2D eigenvalue weighted by Gasteiger charge is 2.32. The molecule has 0 unspecified atom stereocenters. The second-order valence-corrected chi connectivity index (χ2v) is 6.99. The lowest BCUT2D eigenvalue weighted by Gasteiger charge is -2.24. The van der Waals surface area contributed by atoms with Gasteiger partial charge in [-0.1, -0.05) is 29.8 Å². The molecule has 0 saturated heterocycles. The van der Waals surface area contributed by atoms with Crippen molar-refractivity contribution in [3.8, 4) is 17.3 Å². The third kappa shape index (κ3) is 4.64. The zero-order chi connectivity index (χ0) is 20.1. The highest BCUT2D eigenvalue weighted by molar-refractivity contribution is 6.31. The SMILES string of the molecule is CCOc1ccc(NC(=O)C(C)(C)Oc2nn(-c3ccccc3)cc2Cl)cc1. The van der Waals surface area contributed by atoms with Gasteiger partial charge in [-0.15, -0.1) is 5.10 Å². The molecule has 1 aromatic heterocycles. The Morgan fingerprint density at radius 2 is 1.82 bits per heavy atom. The van der Waals surface area contributed by atoms with E-state index in [-0.39, 0.29) is 11.8 Å². The van der Waals surface area contributed by atoms with Gasteiger partial charge < -0.3 is 14.8 Å². The molecule has 0 aliphatic heterocycles. The summed E-state index contributed by atoms with van der Waals surface area (Å²) in [6.45, 7) is 5.83. The molecule has 2 aromatic carbocycles. The van der Waals surface area contributed by atoms with E-state index in [4.69, 9.17) is 21.1 Å². The summed E-state index contributed by atoms with van der Waals surface area (Å²) >= 11 is 6.26. The average Bonchev–Trinajstić information content (AvgIpc) is 3.04. The van der Waals surface area contributed by atoms with E-state index < -0.39 is 5.60 Å². The van der Waals surface area contributed by atoms with Crippen LogP contribution in [-0.4, -0.2) is 27.9 Å². The number of ether oxygens (including phenoxy) is 2. The molecule has 146 valence electrons. The second-order valence-electron chi connectivity index (χ2n) is 6.59.